The van der Waals surface area contributed by atoms with Gasteiger partial charge >= 0.3 is 0 Å². The van der Waals surface area contributed by atoms with E-state index in [4.69, 9.17) is 4.74 Å². The Morgan fingerprint density at radius 3 is 2.75 bits per heavy atom. The Morgan fingerprint density at radius 1 is 1.25 bits per heavy atom. The van der Waals surface area contributed by atoms with Crippen LogP contribution in [0.1, 0.15) is 38.5 Å². The zero-order chi connectivity index (χ0) is 17.0. The lowest BCUT2D eigenvalue weighted by molar-refractivity contribution is -0.123. The van der Waals surface area contributed by atoms with Crippen molar-refractivity contribution in [1.29, 1.82) is 0 Å². The largest absolute Gasteiger partial charge is 0.377 e. The minimum absolute atomic E-state index is 0.0164. The molecule has 0 aromatic carbocycles. The summed E-state index contributed by atoms with van der Waals surface area (Å²) in [5.74, 6) is 0.0147. The molecule has 3 N–H and O–H groups in total. The van der Waals surface area contributed by atoms with Crippen LogP contribution in [-0.2, 0) is 19.6 Å². The van der Waals surface area contributed by atoms with Crippen LogP contribution in [0.4, 0.5) is 0 Å². The van der Waals surface area contributed by atoms with Gasteiger partial charge in [0.2, 0.25) is 15.9 Å². The van der Waals surface area contributed by atoms with E-state index in [9.17, 15) is 13.2 Å². The third-order valence-electron chi connectivity index (χ3n) is 5.58. The standard InChI is InChI=1S/C16H29N3O4S/c20-15(14-11-16(14)4-6-17-7-5-16)18-8-10-24(21,22)19-12-13-3-1-2-9-23-13/h13-14,17,19H,1-12H2,(H,18,20). The first-order chi connectivity index (χ1) is 11.5. The molecule has 0 aromatic heterocycles. The molecule has 0 aromatic rings. The maximum absolute atomic E-state index is 12.2. The van der Waals surface area contributed by atoms with Crippen molar-refractivity contribution < 1.29 is 17.9 Å². The summed E-state index contributed by atoms with van der Waals surface area (Å²) >= 11 is 0. The predicted octanol–water partition coefficient (Wildman–Crippen LogP) is -0.0192. The van der Waals surface area contributed by atoms with Crippen molar-refractivity contribution in [3.63, 3.8) is 0 Å². The maximum Gasteiger partial charge on any atom is 0.223 e. The van der Waals surface area contributed by atoms with Crippen molar-refractivity contribution in [3.8, 4) is 0 Å². The summed E-state index contributed by atoms with van der Waals surface area (Å²) < 4.78 is 32.1. The minimum atomic E-state index is -3.37. The van der Waals surface area contributed by atoms with Gasteiger partial charge in [0.1, 0.15) is 0 Å². The lowest BCUT2D eigenvalue weighted by Crippen LogP contribution is -2.40. The Labute approximate surface area is 144 Å². The zero-order valence-electron chi connectivity index (χ0n) is 14.2. The van der Waals surface area contributed by atoms with E-state index in [1.807, 2.05) is 0 Å². The molecule has 1 spiro atoms. The van der Waals surface area contributed by atoms with Crippen LogP contribution in [0.5, 0.6) is 0 Å². The Hall–Kier alpha value is -0.700. The molecule has 138 valence electrons. The summed E-state index contributed by atoms with van der Waals surface area (Å²) in [4.78, 5) is 12.2. The molecule has 2 aliphatic heterocycles. The first-order valence-corrected chi connectivity index (χ1v) is 10.7. The lowest BCUT2D eigenvalue weighted by atomic mass is 9.92. The normalized spacial score (nSPS) is 29.3. The quantitative estimate of drug-likeness (QED) is 0.594. The Kier molecular flexibility index (Phi) is 5.79. The maximum atomic E-state index is 12.2. The van der Waals surface area contributed by atoms with Gasteiger partial charge in [0.05, 0.1) is 11.9 Å². The molecule has 0 bridgehead atoms. The molecule has 7 nitrogen and oxygen atoms in total. The topological polar surface area (TPSA) is 96.5 Å². The SMILES string of the molecule is O=C(NCCS(=O)(=O)NCC1CCCCO1)C1CC12CCNCC2. The molecule has 1 amide bonds. The van der Waals surface area contributed by atoms with Crippen LogP contribution < -0.4 is 15.4 Å². The summed E-state index contributed by atoms with van der Waals surface area (Å²) in [5, 5.41) is 6.11. The van der Waals surface area contributed by atoms with Gasteiger partial charge in [-0.25, -0.2) is 13.1 Å². The van der Waals surface area contributed by atoms with Crippen LogP contribution in [0.2, 0.25) is 0 Å². The third-order valence-corrected chi connectivity index (χ3v) is 6.93. The number of carbonyl (C=O) groups excluding carboxylic acids is 1. The van der Waals surface area contributed by atoms with Crippen molar-refractivity contribution in [2.75, 3.05) is 38.5 Å². The zero-order valence-corrected chi connectivity index (χ0v) is 15.0. The molecular formula is C16H29N3O4S. The summed E-state index contributed by atoms with van der Waals surface area (Å²) in [6, 6.07) is 0. The summed E-state index contributed by atoms with van der Waals surface area (Å²) in [6.07, 6.45) is 6.06. The minimum Gasteiger partial charge on any atom is -0.377 e. The second-order valence-electron chi connectivity index (χ2n) is 7.32. The van der Waals surface area contributed by atoms with Crippen molar-refractivity contribution in [2.24, 2.45) is 11.3 Å². The molecule has 8 heteroatoms. The Bertz CT molecular complexity index is 540. The smallest absolute Gasteiger partial charge is 0.223 e. The third kappa shape index (κ3) is 4.68. The predicted molar refractivity (Wildman–Crippen MR) is 91.0 cm³/mol. The van der Waals surface area contributed by atoms with Crippen LogP contribution in [0.25, 0.3) is 0 Å². The van der Waals surface area contributed by atoms with Gasteiger partial charge in [0, 0.05) is 25.6 Å². The molecule has 2 saturated heterocycles. The second-order valence-corrected chi connectivity index (χ2v) is 9.24. The summed E-state index contributed by atoms with van der Waals surface area (Å²) in [5.41, 5.74) is 0.185. The van der Waals surface area contributed by atoms with E-state index in [0.29, 0.717) is 13.2 Å². The van der Waals surface area contributed by atoms with Crippen molar-refractivity contribution in [1.82, 2.24) is 15.4 Å². The number of rotatable bonds is 7. The van der Waals surface area contributed by atoms with Gasteiger partial charge in [-0.05, 0) is 57.0 Å². The van der Waals surface area contributed by atoms with E-state index in [1.165, 1.54) is 0 Å². The molecule has 3 aliphatic rings. The molecule has 2 heterocycles. The molecule has 3 fully saturated rings. The first kappa shape index (κ1) is 18.1. The number of nitrogens with one attached hydrogen (secondary N) is 3. The molecule has 24 heavy (non-hydrogen) atoms. The van der Waals surface area contributed by atoms with E-state index in [0.717, 1.165) is 51.6 Å². The van der Waals surface area contributed by atoms with Crippen LogP contribution in [0.15, 0.2) is 0 Å². The summed E-state index contributed by atoms with van der Waals surface area (Å²) in [6.45, 7) is 3.16. The van der Waals surface area contributed by atoms with Gasteiger partial charge in [0.15, 0.2) is 0 Å². The highest BCUT2D eigenvalue weighted by Gasteiger charge is 2.57. The van der Waals surface area contributed by atoms with Crippen LogP contribution in [-0.4, -0.2) is 59.0 Å². The highest BCUT2D eigenvalue weighted by atomic mass is 32.2. The van der Waals surface area contributed by atoms with Crippen LogP contribution >= 0.6 is 0 Å². The second kappa shape index (κ2) is 7.68. The lowest BCUT2D eigenvalue weighted by Gasteiger charge is -2.23. The molecular weight excluding hydrogens is 330 g/mol. The molecule has 0 radical (unpaired) electrons. The molecule has 2 atom stereocenters. The fourth-order valence-corrected chi connectivity index (χ4v) is 4.84. The number of hydrogen-bond donors (Lipinski definition) is 3. The van der Waals surface area contributed by atoms with E-state index >= 15 is 0 Å². The highest BCUT2D eigenvalue weighted by Crippen LogP contribution is 2.58. The van der Waals surface area contributed by atoms with E-state index in [2.05, 4.69) is 15.4 Å². The average Bonchev–Trinajstić information content (AvgIpc) is 3.28. The summed E-state index contributed by atoms with van der Waals surface area (Å²) in [7, 11) is -3.37. The molecule has 1 aliphatic carbocycles. The van der Waals surface area contributed by atoms with E-state index < -0.39 is 10.0 Å². The Balaban J connectivity index is 1.34. The van der Waals surface area contributed by atoms with Gasteiger partial charge in [0.25, 0.3) is 0 Å². The van der Waals surface area contributed by atoms with E-state index in [1.54, 1.807) is 0 Å². The number of sulfonamides is 1. The number of hydrogen-bond acceptors (Lipinski definition) is 5. The fourth-order valence-electron chi connectivity index (χ4n) is 3.89. The average molecular weight is 359 g/mol. The van der Waals surface area contributed by atoms with Gasteiger partial charge in [-0.3, -0.25) is 4.79 Å². The first-order valence-electron chi connectivity index (χ1n) is 9.08. The molecule has 1 saturated carbocycles. The van der Waals surface area contributed by atoms with Crippen molar-refractivity contribution in [2.45, 2.75) is 44.6 Å². The van der Waals surface area contributed by atoms with Crippen molar-refractivity contribution >= 4 is 15.9 Å². The van der Waals surface area contributed by atoms with Crippen LogP contribution in [0.3, 0.4) is 0 Å². The molecule has 2 unspecified atom stereocenters. The van der Waals surface area contributed by atoms with Crippen LogP contribution in [0, 0.1) is 11.3 Å². The van der Waals surface area contributed by atoms with Crippen molar-refractivity contribution in [3.05, 3.63) is 0 Å². The number of ether oxygens (including phenoxy) is 1. The number of amides is 1. The van der Waals surface area contributed by atoms with Gasteiger partial charge < -0.3 is 15.4 Å². The van der Waals surface area contributed by atoms with Gasteiger partial charge in [-0.1, -0.05) is 0 Å². The van der Waals surface area contributed by atoms with Gasteiger partial charge in [-0.15, -0.1) is 0 Å². The van der Waals surface area contributed by atoms with Gasteiger partial charge in [-0.2, -0.15) is 0 Å². The Morgan fingerprint density at radius 2 is 2.04 bits per heavy atom. The monoisotopic (exact) mass is 359 g/mol. The fraction of sp³-hybridized carbons (Fsp3) is 0.938. The number of carbonyl (C=O) groups is 1. The molecule has 3 rings (SSSR count). The van der Waals surface area contributed by atoms with E-state index in [-0.39, 0.29) is 35.6 Å². The number of piperidine rings is 1. The highest BCUT2D eigenvalue weighted by molar-refractivity contribution is 7.89.